The first kappa shape index (κ1) is 8.67. The van der Waals surface area contributed by atoms with Crippen LogP contribution < -0.4 is 0 Å². The molecule has 0 amide bonds. The lowest BCUT2D eigenvalue weighted by Crippen LogP contribution is -2.00. The Balaban J connectivity index is 2.50. The summed E-state index contributed by atoms with van der Waals surface area (Å²) in [5.74, 6) is 0. The number of unbranched alkanes of at least 4 members (excludes halogenated alkanes) is 1. The summed E-state index contributed by atoms with van der Waals surface area (Å²) in [5.41, 5.74) is 0.645. The Kier molecular flexibility index (Phi) is 2.62. The average molecular weight is 177 g/mol. The maximum atomic E-state index is 10.6. The highest BCUT2D eigenvalue weighted by atomic mass is 32.2. The molecule has 64 valence electrons. The van der Waals surface area contributed by atoms with E-state index in [-0.39, 0.29) is 6.61 Å². The van der Waals surface area contributed by atoms with Gasteiger partial charge in [-0.25, -0.2) is 4.18 Å². The van der Waals surface area contributed by atoms with Gasteiger partial charge in [-0.15, -0.1) is 4.40 Å². The molecule has 0 unspecified atom stereocenters. The maximum Gasteiger partial charge on any atom is 0.381 e. The van der Waals surface area contributed by atoms with E-state index in [0.717, 1.165) is 19.3 Å². The van der Waals surface area contributed by atoms with E-state index in [2.05, 4.69) is 8.58 Å². The van der Waals surface area contributed by atoms with Crippen LogP contribution in [0.3, 0.4) is 0 Å². The van der Waals surface area contributed by atoms with Crippen molar-refractivity contribution < 1.29 is 12.6 Å². The van der Waals surface area contributed by atoms with E-state index in [0.29, 0.717) is 5.71 Å². The van der Waals surface area contributed by atoms with Crippen molar-refractivity contribution in [1.82, 2.24) is 0 Å². The third kappa shape index (κ3) is 2.59. The molecule has 1 rings (SSSR count). The molecule has 11 heavy (non-hydrogen) atoms. The third-order valence-electron chi connectivity index (χ3n) is 1.43. The molecule has 4 nitrogen and oxygen atoms in total. The van der Waals surface area contributed by atoms with Crippen LogP contribution in [0.1, 0.15) is 26.2 Å². The summed E-state index contributed by atoms with van der Waals surface area (Å²) in [4.78, 5) is 0. The van der Waals surface area contributed by atoms with Crippen LogP contribution >= 0.6 is 0 Å². The molecule has 0 saturated carbocycles. The second-order valence-electron chi connectivity index (χ2n) is 2.45. The standard InChI is InChI=1S/C6H11NO3S/c1-2-3-4-6-5-10-11(8,9)7-6/h2-5H2,1H3. The van der Waals surface area contributed by atoms with E-state index in [1.165, 1.54) is 0 Å². The van der Waals surface area contributed by atoms with Gasteiger partial charge in [0.15, 0.2) is 0 Å². The van der Waals surface area contributed by atoms with Crippen molar-refractivity contribution >= 4 is 16.0 Å². The molecule has 0 spiro atoms. The smallest absolute Gasteiger partial charge is 0.246 e. The van der Waals surface area contributed by atoms with Gasteiger partial charge in [0.05, 0.1) is 5.71 Å². The molecule has 0 aromatic carbocycles. The van der Waals surface area contributed by atoms with E-state index in [1.54, 1.807) is 0 Å². The zero-order valence-corrected chi connectivity index (χ0v) is 7.23. The zero-order chi connectivity index (χ0) is 8.32. The first-order valence-electron chi connectivity index (χ1n) is 3.61. The molecule has 0 aromatic heterocycles. The summed E-state index contributed by atoms with van der Waals surface area (Å²) in [6.45, 7) is 2.20. The minimum atomic E-state index is -3.54. The minimum Gasteiger partial charge on any atom is -0.246 e. The van der Waals surface area contributed by atoms with Crippen molar-refractivity contribution in [2.24, 2.45) is 4.40 Å². The lowest BCUT2D eigenvalue weighted by atomic mass is 10.2. The molecule has 0 radical (unpaired) electrons. The normalized spacial score (nSPS) is 21.7. The molecule has 5 heteroatoms. The van der Waals surface area contributed by atoms with Crippen molar-refractivity contribution in [2.45, 2.75) is 26.2 Å². The second kappa shape index (κ2) is 3.32. The molecule has 0 fully saturated rings. The summed E-state index contributed by atoms with van der Waals surface area (Å²) >= 11 is 0. The number of nitrogens with zero attached hydrogens (tertiary/aromatic N) is 1. The monoisotopic (exact) mass is 177 g/mol. The molecule has 0 N–H and O–H groups in total. The maximum absolute atomic E-state index is 10.6. The molecule has 0 aliphatic carbocycles. The lowest BCUT2D eigenvalue weighted by molar-refractivity contribution is 0.380. The number of hydrogen-bond acceptors (Lipinski definition) is 3. The Hall–Kier alpha value is -0.420. The molecule has 0 atom stereocenters. The minimum absolute atomic E-state index is 0.155. The fourth-order valence-electron chi connectivity index (χ4n) is 0.852. The Bertz CT molecular complexity index is 255. The third-order valence-corrected chi connectivity index (χ3v) is 2.33. The molecule has 1 heterocycles. The van der Waals surface area contributed by atoms with Gasteiger partial charge in [0.2, 0.25) is 0 Å². The van der Waals surface area contributed by atoms with E-state index in [1.807, 2.05) is 6.92 Å². The second-order valence-corrected chi connectivity index (χ2v) is 3.72. The van der Waals surface area contributed by atoms with Crippen LogP contribution in [0.4, 0.5) is 0 Å². The van der Waals surface area contributed by atoms with Crippen molar-refractivity contribution in [2.75, 3.05) is 6.61 Å². The molecule has 0 bridgehead atoms. The zero-order valence-electron chi connectivity index (χ0n) is 6.41. The molecule has 0 aromatic rings. The van der Waals surface area contributed by atoms with Gasteiger partial charge in [-0.05, 0) is 12.8 Å². The number of hydrogen-bond donors (Lipinski definition) is 0. The summed E-state index contributed by atoms with van der Waals surface area (Å²) in [5, 5.41) is 0. The summed E-state index contributed by atoms with van der Waals surface area (Å²) < 4.78 is 29.0. The first-order valence-corrected chi connectivity index (χ1v) is 4.97. The van der Waals surface area contributed by atoms with Crippen LogP contribution in [0.15, 0.2) is 4.40 Å². The van der Waals surface area contributed by atoms with Crippen LogP contribution in [-0.4, -0.2) is 20.7 Å². The molecule has 1 aliphatic rings. The largest absolute Gasteiger partial charge is 0.381 e. The molecular formula is C6H11NO3S. The van der Waals surface area contributed by atoms with Crippen LogP contribution in [0.25, 0.3) is 0 Å². The summed E-state index contributed by atoms with van der Waals surface area (Å²) in [6.07, 6.45) is 2.74. The van der Waals surface area contributed by atoms with Crippen molar-refractivity contribution in [1.29, 1.82) is 0 Å². The fourth-order valence-corrected chi connectivity index (χ4v) is 1.65. The van der Waals surface area contributed by atoms with Gasteiger partial charge in [0.25, 0.3) is 0 Å². The Morgan fingerprint density at radius 3 is 2.82 bits per heavy atom. The van der Waals surface area contributed by atoms with Crippen molar-refractivity contribution in [3.8, 4) is 0 Å². The lowest BCUT2D eigenvalue weighted by Gasteiger charge is -1.92. The molecular weight excluding hydrogens is 166 g/mol. The molecule has 0 saturated heterocycles. The van der Waals surface area contributed by atoms with Crippen LogP contribution in [0.2, 0.25) is 0 Å². The Labute approximate surface area is 66.5 Å². The van der Waals surface area contributed by atoms with E-state index < -0.39 is 10.3 Å². The van der Waals surface area contributed by atoms with E-state index >= 15 is 0 Å². The topological polar surface area (TPSA) is 55.7 Å². The Morgan fingerprint density at radius 2 is 2.36 bits per heavy atom. The van der Waals surface area contributed by atoms with Crippen LogP contribution in [0.5, 0.6) is 0 Å². The van der Waals surface area contributed by atoms with Crippen molar-refractivity contribution in [3.05, 3.63) is 0 Å². The number of rotatable bonds is 3. The summed E-state index contributed by atoms with van der Waals surface area (Å²) in [7, 11) is -3.54. The van der Waals surface area contributed by atoms with E-state index in [9.17, 15) is 8.42 Å². The van der Waals surface area contributed by atoms with Gasteiger partial charge in [0, 0.05) is 0 Å². The fraction of sp³-hybridized carbons (Fsp3) is 0.833. The first-order chi connectivity index (χ1) is 5.14. The van der Waals surface area contributed by atoms with Crippen LogP contribution in [0, 0.1) is 0 Å². The predicted molar refractivity (Wildman–Crippen MR) is 41.8 cm³/mol. The highest BCUT2D eigenvalue weighted by Gasteiger charge is 2.19. The summed E-state index contributed by atoms with van der Waals surface area (Å²) in [6, 6.07) is 0. The van der Waals surface area contributed by atoms with Gasteiger partial charge in [-0.1, -0.05) is 13.3 Å². The SMILES string of the molecule is CCCCC1=NS(=O)(=O)OC1. The predicted octanol–water partition coefficient (Wildman–Crippen LogP) is 0.893. The average Bonchev–Trinajstić information content (AvgIpc) is 2.26. The highest BCUT2D eigenvalue weighted by Crippen LogP contribution is 2.09. The quantitative estimate of drug-likeness (QED) is 0.643. The van der Waals surface area contributed by atoms with Gasteiger partial charge >= 0.3 is 10.3 Å². The highest BCUT2D eigenvalue weighted by molar-refractivity contribution is 7.85. The van der Waals surface area contributed by atoms with Crippen molar-refractivity contribution in [3.63, 3.8) is 0 Å². The van der Waals surface area contributed by atoms with Gasteiger partial charge in [-0.3, -0.25) is 0 Å². The molecule has 1 aliphatic heterocycles. The van der Waals surface area contributed by atoms with Gasteiger partial charge in [0.1, 0.15) is 6.61 Å². The van der Waals surface area contributed by atoms with Gasteiger partial charge < -0.3 is 0 Å². The van der Waals surface area contributed by atoms with E-state index in [4.69, 9.17) is 0 Å². The van der Waals surface area contributed by atoms with Crippen LogP contribution in [-0.2, 0) is 14.5 Å². The van der Waals surface area contributed by atoms with Gasteiger partial charge in [-0.2, -0.15) is 8.42 Å². The Morgan fingerprint density at radius 1 is 1.64 bits per heavy atom.